The molecule has 0 bridgehead atoms. The van der Waals surface area contributed by atoms with Gasteiger partial charge in [-0.1, -0.05) is 17.7 Å². The second-order valence-electron chi connectivity index (χ2n) is 3.01. The summed E-state index contributed by atoms with van der Waals surface area (Å²) >= 11 is 5.79. The van der Waals surface area contributed by atoms with E-state index in [2.05, 4.69) is 9.88 Å². The van der Waals surface area contributed by atoms with Crippen molar-refractivity contribution in [3.63, 3.8) is 0 Å². The van der Waals surface area contributed by atoms with Crippen LogP contribution in [-0.2, 0) is 0 Å². The summed E-state index contributed by atoms with van der Waals surface area (Å²) in [5.74, 6) is 1.01. The summed E-state index contributed by atoms with van der Waals surface area (Å²) in [6, 6.07) is 5.77. The average Bonchev–Trinajstić information content (AvgIpc) is 2.56. The summed E-state index contributed by atoms with van der Waals surface area (Å²) in [7, 11) is 0. The summed E-state index contributed by atoms with van der Waals surface area (Å²) < 4.78 is 0. The quantitative estimate of drug-likeness (QED) is 0.620. The Hall–Kier alpha value is -0.760. The van der Waals surface area contributed by atoms with Gasteiger partial charge in [0.2, 0.25) is 0 Å². The zero-order chi connectivity index (χ0) is 8.39. The largest absolute Gasteiger partial charge is 0.357 e. The Morgan fingerprint density at radius 1 is 1.25 bits per heavy atom. The van der Waals surface area contributed by atoms with Crippen molar-refractivity contribution in [2.75, 3.05) is 18.0 Å². The molecular weight excluding hydrogens is 172 g/mol. The first kappa shape index (κ1) is 7.87. The molecular formula is C9H11ClN2. The molecule has 0 spiro atoms. The molecule has 1 aliphatic rings. The van der Waals surface area contributed by atoms with Crippen molar-refractivity contribution in [2.24, 2.45) is 0 Å². The Bertz CT molecular complexity index is 269. The van der Waals surface area contributed by atoms with Crippen molar-refractivity contribution < 1.29 is 0 Å². The first-order valence-corrected chi connectivity index (χ1v) is 4.61. The van der Waals surface area contributed by atoms with E-state index in [4.69, 9.17) is 11.6 Å². The fourth-order valence-corrected chi connectivity index (χ4v) is 1.68. The van der Waals surface area contributed by atoms with Crippen LogP contribution >= 0.6 is 11.6 Å². The molecule has 12 heavy (non-hydrogen) atoms. The predicted octanol–water partition coefficient (Wildman–Crippen LogP) is 2.34. The van der Waals surface area contributed by atoms with Gasteiger partial charge < -0.3 is 4.90 Å². The van der Waals surface area contributed by atoms with E-state index in [1.165, 1.54) is 12.8 Å². The minimum atomic E-state index is 0.583. The van der Waals surface area contributed by atoms with Crippen LogP contribution in [0.5, 0.6) is 0 Å². The lowest BCUT2D eigenvalue weighted by atomic mass is 10.4. The summed E-state index contributed by atoms with van der Waals surface area (Å²) in [6.07, 6.45) is 2.54. The third-order valence-corrected chi connectivity index (χ3v) is 2.34. The van der Waals surface area contributed by atoms with Crippen LogP contribution in [0, 0.1) is 0 Å². The first-order chi connectivity index (χ1) is 5.86. The highest BCUT2D eigenvalue weighted by molar-refractivity contribution is 6.29. The fourth-order valence-electron chi connectivity index (χ4n) is 1.52. The Morgan fingerprint density at radius 2 is 2.00 bits per heavy atom. The van der Waals surface area contributed by atoms with E-state index in [1.54, 1.807) is 6.07 Å². The van der Waals surface area contributed by atoms with Gasteiger partial charge >= 0.3 is 0 Å². The SMILES string of the molecule is Clc1cccc(N2CCCC2)n1. The highest BCUT2D eigenvalue weighted by Gasteiger charge is 2.12. The van der Waals surface area contributed by atoms with Crippen molar-refractivity contribution in [2.45, 2.75) is 12.8 Å². The molecule has 1 aromatic heterocycles. The third-order valence-electron chi connectivity index (χ3n) is 2.13. The molecule has 2 nitrogen and oxygen atoms in total. The van der Waals surface area contributed by atoms with Crippen LogP contribution in [-0.4, -0.2) is 18.1 Å². The molecule has 0 aliphatic carbocycles. The van der Waals surface area contributed by atoms with Crippen LogP contribution in [0.1, 0.15) is 12.8 Å². The van der Waals surface area contributed by atoms with E-state index >= 15 is 0 Å². The van der Waals surface area contributed by atoms with Gasteiger partial charge in [-0.2, -0.15) is 0 Å². The van der Waals surface area contributed by atoms with Crippen LogP contribution in [0.2, 0.25) is 5.15 Å². The van der Waals surface area contributed by atoms with Crippen molar-refractivity contribution in [1.82, 2.24) is 4.98 Å². The van der Waals surface area contributed by atoms with Crippen molar-refractivity contribution in [3.8, 4) is 0 Å². The Morgan fingerprint density at radius 3 is 2.67 bits per heavy atom. The van der Waals surface area contributed by atoms with E-state index in [9.17, 15) is 0 Å². The third kappa shape index (κ3) is 1.53. The number of anilines is 1. The Balaban J connectivity index is 2.21. The second kappa shape index (κ2) is 3.31. The van der Waals surface area contributed by atoms with E-state index in [0.717, 1.165) is 18.9 Å². The first-order valence-electron chi connectivity index (χ1n) is 4.24. The molecule has 0 atom stereocenters. The van der Waals surface area contributed by atoms with Crippen molar-refractivity contribution >= 4 is 17.4 Å². The zero-order valence-electron chi connectivity index (χ0n) is 6.83. The van der Waals surface area contributed by atoms with E-state index < -0.39 is 0 Å². The molecule has 0 radical (unpaired) electrons. The summed E-state index contributed by atoms with van der Waals surface area (Å²) in [4.78, 5) is 6.52. The van der Waals surface area contributed by atoms with Crippen LogP contribution in [0.15, 0.2) is 18.2 Å². The van der Waals surface area contributed by atoms with Crippen molar-refractivity contribution in [1.29, 1.82) is 0 Å². The van der Waals surface area contributed by atoms with Gasteiger partial charge in [0.15, 0.2) is 0 Å². The number of hydrogen-bond donors (Lipinski definition) is 0. The van der Waals surface area contributed by atoms with Crippen LogP contribution < -0.4 is 4.90 Å². The van der Waals surface area contributed by atoms with Gasteiger partial charge in [0, 0.05) is 13.1 Å². The van der Waals surface area contributed by atoms with Crippen LogP contribution in [0.3, 0.4) is 0 Å². The van der Waals surface area contributed by atoms with E-state index in [1.807, 2.05) is 12.1 Å². The van der Waals surface area contributed by atoms with Gasteiger partial charge in [0.1, 0.15) is 11.0 Å². The lowest BCUT2D eigenvalue weighted by molar-refractivity contribution is 0.938. The van der Waals surface area contributed by atoms with E-state index in [0.29, 0.717) is 5.15 Å². The molecule has 1 saturated heterocycles. The molecule has 1 aromatic rings. The van der Waals surface area contributed by atoms with Crippen LogP contribution in [0.4, 0.5) is 5.82 Å². The lowest BCUT2D eigenvalue weighted by Crippen LogP contribution is -2.18. The smallest absolute Gasteiger partial charge is 0.131 e. The fraction of sp³-hybridized carbons (Fsp3) is 0.444. The maximum Gasteiger partial charge on any atom is 0.131 e. The predicted molar refractivity (Wildman–Crippen MR) is 50.7 cm³/mol. The molecule has 1 aliphatic heterocycles. The monoisotopic (exact) mass is 182 g/mol. The van der Waals surface area contributed by atoms with Gasteiger partial charge in [0.25, 0.3) is 0 Å². The minimum Gasteiger partial charge on any atom is -0.357 e. The topological polar surface area (TPSA) is 16.1 Å². The normalized spacial score (nSPS) is 16.9. The molecule has 0 aromatic carbocycles. The van der Waals surface area contributed by atoms with Gasteiger partial charge in [-0.25, -0.2) is 4.98 Å². The number of halogens is 1. The van der Waals surface area contributed by atoms with Crippen molar-refractivity contribution in [3.05, 3.63) is 23.4 Å². The standard InChI is InChI=1S/C9H11ClN2/c10-8-4-3-5-9(11-8)12-6-1-2-7-12/h3-5H,1-2,6-7H2. The zero-order valence-corrected chi connectivity index (χ0v) is 7.59. The highest BCUT2D eigenvalue weighted by Crippen LogP contribution is 2.18. The minimum absolute atomic E-state index is 0.583. The molecule has 64 valence electrons. The molecule has 2 rings (SSSR count). The number of rotatable bonds is 1. The Kier molecular flexibility index (Phi) is 2.17. The molecule has 3 heteroatoms. The molecule has 1 fully saturated rings. The van der Waals surface area contributed by atoms with Gasteiger partial charge in [-0.05, 0) is 25.0 Å². The molecule has 0 N–H and O–H groups in total. The summed E-state index contributed by atoms with van der Waals surface area (Å²) in [6.45, 7) is 2.24. The van der Waals surface area contributed by atoms with Gasteiger partial charge in [-0.15, -0.1) is 0 Å². The maximum absolute atomic E-state index is 5.79. The summed E-state index contributed by atoms with van der Waals surface area (Å²) in [5.41, 5.74) is 0. The van der Waals surface area contributed by atoms with Gasteiger partial charge in [0.05, 0.1) is 0 Å². The second-order valence-corrected chi connectivity index (χ2v) is 3.40. The Labute approximate surface area is 77.2 Å². The number of hydrogen-bond acceptors (Lipinski definition) is 2. The average molecular weight is 183 g/mol. The maximum atomic E-state index is 5.79. The number of aromatic nitrogens is 1. The van der Waals surface area contributed by atoms with Gasteiger partial charge in [-0.3, -0.25) is 0 Å². The molecule has 0 amide bonds. The molecule has 0 saturated carbocycles. The summed E-state index contributed by atoms with van der Waals surface area (Å²) in [5, 5.41) is 0.583. The lowest BCUT2D eigenvalue weighted by Gasteiger charge is -2.15. The molecule has 0 unspecified atom stereocenters. The highest BCUT2D eigenvalue weighted by atomic mass is 35.5. The van der Waals surface area contributed by atoms with Crippen LogP contribution in [0.25, 0.3) is 0 Å². The van der Waals surface area contributed by atoms with E-state index in [-0.39, 0.29) is 0 Å². The molecule has 2 heterocycles. The number of nitrogens with zero attached hydrogens (tertiary/aromatic N) is 2. The number of pyridine rings is 1.